The summed E-state index contributed by atoms with van der Waals surface area (Å²) in [5.41, 5.74) is 3.77. The van der Waals surface area contributed by atoms with E-state index in [1.807, 2.05) is 30.3 Å². The van der Waals surface area contributed by atoms with E-state index in [0.29, 0.717) is 5.56 Å². The van der Waals surface area contributed by atoms with Gasteiger partial charge in [-0.1, -0.05) is 72.8 Å². The Labute approximate surface area is 200 Å². The Kier molecular flexibility index (Phi) is 6.33. The van der Waals surface area contributed by atoms with E-state index in [2.05, 4.69) is 60.8 Å². The molecule has 1 aliphatic rings. The molecule has 1 heterocycles. The monoisotopic (exact) mass is 451 g/mol. The molecular weight excluding hydrogens is 422 g/mol. The van der Waals surface area contributed by atoms with Crippen LogP contribution in [-0.2, 0) is 0 Å². The molecule has 0 fully saturated rings. The predicted molar refractivity (Wildman–Crippen MR) is 136 cm³/mol. The summed E-state index contributed by atoms with van der Waals surface area (Å²) in [5, 5.41) is 15.7. The van der Waals surface area contributed by atoms with Crippen LogP contribution in [0.15, 0.2) is 91.0 Å². The Morgan fingerprint density at radius 2 is 1.76 bits per heavy atom. The van der Waals surface area contributed by atoms with E-state index in [0.717, 1.165) is 36.3 Å². The Hall–Kier alpha value is -3.63. The number of carboxylic acid groups (broad SMARTS) is 1. The molecule has 0 spiro atoms. The van der Waals surface area contributed by atoms with Gasteiger partial charge in [-0.25, -0.2) is 4.79 Å². The SMILES string of the molecule is CC(NCCC1CC(c2cccc(C(=O)O)c2)c2ccccc2O1)c1cccc2ccccc12. The largest absolute Gasteiger partial charge is 0.490 e. The highest BCUT2D eigenvalue weighted by Gasteiger charge is 2.29. The minimum absolute atomic E-state index is 0.0561. The number of ether oxygens (including phenoxy) is 1. The first-order valence-corrected chi connectivity index (χ1v) is 11.9. The Balaban J connectivity index is 1.30. The molecule has 0 amide bonds. The summed E-state index contributed by atoms with van der Waals surface area (Å²) >= 11 is 0. The molecule has 1 aliphatic heterocycles. The fourth-order valence-electron chi connectivity index (χ4n) is 5.07. The molecule has 4 aromatic carbocycles. The molecule has 0 radical (unpaired) electrons. The van der Waals surface area contributed by atoms with Crippen molar-refractivity contribution >= 4 is 16.7 Å². The minimum atomic E-state index is -0.898. The van der Waals surface area contributed by atoms with E-state index in [4.69, 9.17) is 4.74 Å². The first-order valence-electron chi connectivity index (χ1n) is 11.9. The zero-order valence-electron chi connectivity index (χ0n) is 19.3. The van der Waals surface area contributed by atoms with Crippen LogP contribution in [0.25, 0.3) is 10.8 Å². The molecule has 0 saturated carbocycles. The number of hydrogen-bond donors (Lipinski definition) is 2. The van der Waals surface area contributed by atoms with Crippen LogP contribution >= 0.6 is 0 Å². The summed E-state index contributed by atoms with van der Waals surface area (Å²) in [5.74, 6) is 0.113. The van der Waals surface area contributed by atoms with Crippen LogP contribution in [0.1, 0.15) is 58.8 Å². The Morgan fingerprint density at radius 3 is 2.65 bits per heavy atom. The molecular formula is C30H29NO3. The number of hydrogen-bond acceptors (Lipinski definition) is 3. The third-order valence-electron chi connectivity index (χ3n) is 6.83. The Morgan fingerprint density at radius 1 is 1.00 bits per heavy atom. The van der Waals surface area contributed by atoms with Crippen LogP contribution < -0.4 is 10.1 Å². The van der Waals surface area contributed by atoms with E-state index >= 15 is 0 Å². The van der Waals surface area contributed by atoms with Gasteiger partial charge < -0.3 is 15.2 Å². The van der Waals surface area contributed by atoms with Gasteiger partial charge >= 0.3 is 5.97 Å². The van der Waals surface area contributed by atoms with Crippen LogP contribution in [0.4, 0.5) is 0 Å². The summed E-state index contributed by atoms with van der Waals surface area (Å²) in [4.78, 5) is 11.5. The second kappa shape index (κ2) is 9.70. The molecule has 3 unspecified atom stereocenters. The zero-order chi connectivity index (χ0) is 23.5. The number of carbonyl (C=O) groups is 1. The number of rotatable bonds is 7. The zero-order valence-corrected chi connectivity index (χ0v) is 19.3. The van der Waals surface area contributed by atoms with Crippen LogP contribution in [0.5, 0.6) is 5.75 Å². The highest BCUT2D eigenvalue weighted by molar-refractivity contribution is 5.88. The molecule has 3 atom stereocenters. The molecule has 0 saturated heterocycles. The van der Waals surface area contributed by atoms with Crippen molar-refractivity contribution in [2.24, 2.45) is 0 Å². The third-order valence-corrected chi connectivity index (χ3v) is 6.83. The maximum absolute atomic E-state index is 11.5. The fraction of sp³-hybridized carbons (Fsp3) is 0.233. The van der Waals surface area contributed by atoms with Crippen molar-refractivity contribution in [3.05, 3.63) is 113 Å². The highest BCUT2D eigenvalue weighted by atomic mass is 16.5. The van der Waals surface area contributed by atoms with Crippen molar-refractivity contribution in [2.75, 3.05) is 6.54 Å². The molecule has 2 N–H and O–H groups in total. The molecule has 4 aromatic rings. The standard InChI is InChI=1S/C30H29NO3/c1-20(25-14-7-9-21-8-2-3-12-26(21)25)31-17-16-24-19-28(27-13-4-5-15-29(27)34-24)22-10-6-11-23(18-22)30(32)33/h2-15,18,20,24,28,31H,16-17,19H2,1H3,(H,32,33). The number of benzene rings is 4. The summed E-state index contributed by atoms with van der Waals surface area (Å²) in [6, 6.07) is 30.6. The normalized spacial score (nSPS) is 18.1. The average Bonchev–Trinajstić information content (AvgIpc) is 2.88. The maximum atomic E-state index is 11.5. The second-order valence-electron chi connectivity index (χ2n) is 9.03. The van der Waals surface area contributed by atoms with Crippen LogP contribution in [0.3, 0.4) is 0 Å². The predicted octanol–water partition coefficient (Wildman–Crippen LogP) is 6.56. The van der Waals surface area contributed by atoms with Gasteiger partial charge in [0.15, 0.2) is 0 Å². The molecule has 0 aromatic heterocycles. The number of carboxylic acids is 1. The van der Waals surface area contributed by atoms with Crippen molar-refractivity contribution in [2.45, 2.75) is 37.8 Å². The number of aromatic carboxylic acids is 1. The van der Waals surface area contributed by atoms with Gasteiger partial charge in [-0.05, 0) is 66.4 Å². The molecule has 0 bridgehead atoms. The summed E-state index contributed by atoms with van der Waals surface area (Å²) in [6.07, 6.45) is 1.75. The molecule has 34 heavy (non-hydrogen) atoms. The summed E-state index contributed by atoms with van der Waals surface area (Å²) < 4.78 is 6.36. The van der Waals surface area contributed by atoms with E-state index in [1.165, 1.54) is 16.3 Å². The van der Waals surface area contributed by atoms with E-state index < -0.39 is 5.97 Å². The lowest BCUT2D eigenvalue weighted by molar-refractivity contribution is 0.0696. The molecule has 4 heteroatoms. The number of fused-ring (bicyclic) bond motifs is 2. The van der Waals surface area contributed by atoms with Gasteiger partial charge in [-0.3, -0.25) is 0 Å². The van der Waals surface area contributed by atoms with E-state index in [-0.39, 0.29) is 18.1 Å². The minimum Gasteiger partial charge on any atom is -0.490 e. The summed E-state index contributed by atoms with van der Waals surface area (Å²) in [7, 11) is 0. The second-order valence-corrected chi connectivity index (χ2v) is 9.03. The highest BCUT2D eigenvalue weighted by Crippen LogP contribution is 2.41. The van der Waals surface area contributed by atoms with Crippen LogP contribution in [0, 0.1) is 0 Å². The molecule has 172 valence electrons. The van der Waals surface area contributed by atoms with Crippen molar-refractivity contribution < 1.29 is 14.6 Å². The maximum Gasteiger partial charge on any atom is 0.335 e. The van der Waals surface area contributed by atoms with Gasteiger partial charge in [0.2, 0.25) is 0 Å². The molecule has 5 rings (SSSR count). The summed E-state index contributed by atoms with van der Waals surface area (Å²) in [6.45, 7) is 3.04. The lowest BCUT2D eigenvalue weighted by Crippen LogP contribution is -2.31. The topological polar surface area (TPSA) is 58.6 Å². The first-order chi connectivity index (χ1) is 16.6. The van der Waals surface area contributed by atoms with Gasteiger partial charge in [0, 0.05) is 17.5 Å². The van der Waals surface area contributed by atoms with Crippen molar-refractivity contribution in [3.8, 4) is 5.75 Å². The fourth-order valence-corrected chi connectivity index (χ4v) is 5.07. The Bertz CT molecular complexity index is 1310. The van der Waals surface area contributed by atoms with Crippen LogP contribution in [0.2, 0.25) is 0 Å². The van der Waals surface area contributed by atoms with Crippen molar-refractivity contribution in [1.29, 1.82) is 0 Å². The van der Waals surface area contributed by atoms with Crippen LogP contribution in [-0.4, -0.2) is 23.7 Å². The number of nitrogens with one attached hydrogen (secondary N) is 1. The smallest absolute Gasteiger partial charge is 0.335 e. The van der Waals surface area contributed by atoms with E-state index in [1.54, 1.807) is 12.1 Å². The van der Waals surface area contributed by atoms with Crippen molar-refractivity contribution in [1.82, 2.24) is 5.32 Å². The lowest BCUT2D eigenvalue weighted by Gasteiger charge is -2.33. The third kappa shape index (κ3) is 4.55. The van der Waals surface area contributed by atoms with Gasteiger partial charge in [0.05, 0.1) is 5.56 Å². The van der Waals surface area contributed by atoms with Gasteiger partial charge in [-0.2, -0.15) is 0 Å². The van der Waals surface area contributed by atoms with E-state index in [9.17, 15) is 9.90 Å². The van der Waals surface area contributed by atoms with Gasteiger partial charge in [-0.15, -0.1) is 0 Å². The quantitative estimate of drug-likeness (QED) is 0.334. The molecule has 0 aliphatic carbocycles. The number of para-hydroxylation sites is 1. The van der Waals surface area contributed by atoms with Gasteiger partial charge in [0.25, 0.3) is 0 Å². The average molecular weight is 452 g/mol. The lowest BCUT2D eigenvalue weighted by atomic mass is 9.83. The van der Waals surface area contributed by atoms with Gasteiger partial charge in [0.1, 0.15) is 11.9 Å². The molecule has 4 nitrogen and oxygen atoms in total. The first kappa shape index (κ1) is 22.2. The van der Waals surface area contributed by atoms with Crippen molar-refractivity contribution in [3.63, 3.8) is 0 Å².